The maximum atomic E-state index is 12.9. The van der Waals surface area contributed by atoms with Gasteiger partial charge in [0.25, 0.3) is 11.8 Å². The molecule has 116 valence electrons. The van der Waals surface area contributed by atoms with Crippen molar-refractivity contribution >= 4 is 34.3 Å². The molecule has 0 atom stereocenters. The predicted molar refractivity (Wildman–Crippen MR) is 91.1 cm³/mol. The molecule has 2 aromatic carbocycles. The van der Waals surface area contributed by atoms with Gasteiger partial charge in [0.15, 0.2) is 0 Å². The van der Waals surface area contributed by atoms with E-state index in [1.165, 1.54) is 4.57 Å². The summed E-state index contributed by atoms with van der Waals surface area (Å²) in [4.78, 5) is 24.7. The monoisotopic (exact) mass is 326 g/mol. The molecule has 4 nitrogen and oxygen atoms in total. The molecule has 1 heterocycles. The van der Waals surface area contributed by atoms with E-state index in [9.17, 15) is 9.59 Å². The minimum atomic E-state index is -0.549. The molecular weight excluding hydrogens is 312 g/mol. The number of halogens is 1. The van der Waals surface area contributed by atoms with Gasteiger partial charge in [-0.15, -0.1) is 0 Å². The number of aromatic nitrogens is 1. The minimum absolute atomic E-state index is 0.242. The van der Waals surface area contributed by atoms with E-state index < -0.39 is 5.91 Å². The normalized spacial score (nSPS) is 10.9. The molecule has 3 aromatic rings. The molecule has 23 heavy (non-hydrogen) atoms. The summed E-state index contributed by atoms with van der Waals surface area (Å²) in [5.74, 6) is -0.791. The fraction of sp³-hybridized carbons (Fsp3) is 0.111. The number of benzene rings is 2. The SMILES string of the molecule is Cc1ccc(C(=O)n2c(C)c(C(N)=O)c3ccccc32)cc1Cl. The Morgan fingerprint density at radius 2 is 1.78 bits per heavy atom. The lowest BCUT2D eigenvalue weighted by atomic mass is 10.1. The highest BCUT2D eigenvalue weighted by Gasteiger charge is 2.22. The van der Waals surface area contributed by atoms with E-state index in [0.29, 0.717) is 32.7 Å². The van der Waals surface area contributed by atoms with E-state index in [1.807, 2.05) is 19.1 Å². The van der Waals surface area contributed by atoms with Gasteiger partial charge in [-0.25, -0.2) is 0 Å². The number of rotatable bonds is 2. The first-order chi connectivity index (χ1) is 10.9. The Hall–Kier alpha value is -2.59. The van der Waals surface area contributed by atoms with Crippen LogP contribution in [0.4, 0.5) is 0 Å². The third-order valence-corrected chi connectivity index (χ3v) is 4.39. The van der Waals surface area contributed by atoms with Gasteiger partial charge < -0.3 is 5.73 Å². The Kier molecular flexibility index (Phi) is 3.70. The summed E-state index contributed by atoms with van der Waals surface area (Å²) < 4.78 is 1.51. The van der Waals surface area contributed by atoms with Gasteiger partial charge in [-0.2, -0.15) is 0 Å². The molecule has 0 fully saturated rings. The Balaban J connectivity index is 2.27. The highest BCUT2D eigenvalue weighted by atomic mass is 35.5. The number of carbonyl (C=O) groups excluding carboxylic acids is 2. The molecule has 5 heteroatoms. The second kappa shape index (κ2) is 5.56. The van der Waals surface area contributed by atoms with Gasteiger partial charge in [0, 0.05) is 21.7 Å². The zero-order chi connectivity index (χ0) is 16.7. The molecule has 0 saturated heterocycles. The van der Waals surface area contributed by atoms with Crippen molar-refractivity contribution in [3.63, 3.8) is 0 Å². The second-order valence-corrected chi connectivity index (χ2v) is 5.85. The van der Waals surface area contributed by atoms with E-state index in [1.54, 1.807) is 37.3 Å². The van der Waals surface area contributed by atoms with Crippen molar-refractivity contribution in [2.24, 2.45) is 5.73 Å². The number of hydrogen-bond donors (Lipinski definition) is 1. The average Bonchev–Trinajstić information content (AvgIpc) is 2.81. The molecule has 0 bridgehead atoms. The lowest BCUT2D eigenvalue weighted by Crippen LogP contribution is -2.16. The van der Waals surface area contributed by atoms with Gasteiger partial charge >= 0.3 is 0 Å². The van der Waals surface area contributed by atoms with E-state index >= 15 is 0 Å². The molecule has 1 amide bonds. The van der Waals surface area contributed by atoms with Crippen molar-refractivity contribution < 1.29 is 9.59 Å². The summed E-state index contributed by atoms with van der Waals surface area (Å²) in [5, 5.41) is 1.20. The molecule has 0 spiro atoms. The van der Waals surface area contributed by atoms with Crippen LogP contribution in [0, 0.1) is 13.8 Å². The topological polar surface area (TPSA) is 65.1 Å². The van der Waals surface area contributed by atoms with Crippen LogP contribution in [0.25, 0.3) is 10.9 Å². The van der Waals surface area contributed by atoms with E-state index in [4.69, 9.17) is 17.3 Å². The smallest absolute Gasteiger partial charge is 0.262 e. The van der Waals surface area contributed by atoms with Crippen molar-refractivity contribution in [1.29, 1.82) is 0 Å². The number of amides is 1. The van der Waals surface area contributed by atoms with Crippen LogP contribution in [-0.2, 0) is 0 Å². The number of para-hydroxylation sites is 1. The van der Waals surface area contributed by atoms with Crippen molar-refractivity contribution in [3.8, 4) is 0 Å². The van der Waals surface area contributed by atoms with Crippen LogP contribution < -0.4 is 5.73 Å². The van der Waals surface area contributed by atoms with Crippen molar-refractivity contribution in [3.05, 3.63) is 69.9 Å². The van der Waals surface area contributed by atoms with E-state index in [-0.39, 0.29) is 5.91 Å². The largest absolute Gasteiger partial charge is 0.366 e. The van der Waals surface area contributed by atoms with Gasteiger partial charge in [0.05, 0.1) is 11.1 Å². The number of nitrogens with zero attached hydrogens (tertiary/aromatic N) is 1. The Morgan fingerprint density at radius 1 is 1.09 bits per heavy atom. The number of aryl methyl sites for hydroxylation is 1. The molecule has 1 aromatic heterocycles. The Morgan fingerprint density at radius 3 is 2.43 bits per heavy atom. The first kappa shape index (κ1) is 15.3. The molecule has 2 N–H and O–H groups in total. The van der Waals surface area contributed by atoms with Crippen molar-refractivity contribution in [1.82, 2.24) is 4.57 Å². The molecule has 0 radical (unpaired) electrons. The number of fused-ring (bicyclic) bond motifs is 1. The summed E-state index contributed by atoms with van der Waals surface area (Å²) in [6, 6.07) is 12.4. The zero-order valence-corrected chi connectivity index (χ0v) is 13.5. The molecule has 0 aliphatic heterocycles. The highest BCUT2D eigenvalue weighted by molar-refractivity contribution is 6.31. The molecule has 3 rings (SSSR count). The van der Waals surface area contributed by atoms with Crippen LogP contribution in [-0.4, -0.2) is 16.4 Å². The maximum Gasteiger partial charge on any atom is 0.262 e. The average molecular weight is 327 g/mol. The summed E-state index contributed by atoms with van der Waals surface area (Å²) in [5.41, 5.74) is 8.40. The fourth-order valence-corrected chi connectivity index (χ4v) is 2.98. The molecular formula is C18H15ClN2O2. The third kappa shape index (κ3) is 2.41. The first-order valence-electron chi connectivity index (χ1n) is 7.12. The highest BCUT2D eigenvalue weighted by Crippen LogP contribution is 2.27. The number of hydrogen-bond acceptors (Lipinski definition) is 2. The Labute approximate surface area is 138 Å². The van der Waals surface area contributed by atoms with Gasteiger partial charge in [0.1, 0.15) is 0 Å². The van der Waals surface area contributed by atoms with Crippen LogP contribution in [0.2, 0.25) is 5.02 Å². The molecule has 0 aliphatic rings. The summed E-state index contributed by atoms with van der Waals surface area (Å²) in [7, 11) is 0. The first-order valence-corrected chi connectivity index (χ1v) is 7.50. The van der Waals surface area contributed by atoms with Gasteiger partial charge in [-0.3, -0.25) is 14.2 Å². The quantitative estimate of drug-likeness (QED) is 0.780. The predicted octanol–water partition coefficient (Wildman–Crippen LogP) is 3.70. The molecule has 0 saturated carbocycles. The van der Waals surface area contributed by atoms with E-state index in [2.05, 4.69) is 0 Å². The van der Waals surface area contributed by atoms with Crippen molar-refractivity contribution in [2.75, 3.05) is 0 Å². The van der Waals surface area contributed by atoms with Gasteiger partial charge in [-0.1, -0.05) is 35.9 Å². The van der Waals surface area contributed by atoms with Crippen LogP contribution in [0.5, 0.6) is 0 Å². The summed E-state index contributed by atoms with van der Waals surface area (Å²) >= 11 is 6.12. The number of carbonyl (C=O) groups is 2. The van der Waals surface area contributed by atoms with Crippen LogP contribution >= 0.6 is 11.6 Å². The number of primary amides is 1. The van der Waals surface area contributed by atoms with Crippen LogP contribution in [0.1, 0.15) is 32.0 Å². The summed E-state index contributed by atoms with van der Waals surface area (Å²) in [6.45, 7) is 3.59. The zero-order valence-electron chi connectivity index (χ0n) is 12.8. The van der Waals surface area contributed by atoms with Gasteiger partial charge in [-0.05, 0) is 37.6 Å². The second-order valence-electron chi connectivity index (χ2n) is 5.45. The number of nitrogens with two attached hydrogens (primary N) is 1. The standard InChI is InChI=1S/C18H15ClN2O2/c1-10-7-8-12(9-14(10)19)18(23)21-11(2)16(17(20)22)13-5-3-4-6-15(13)21/h3-9H,1-2H3,(H2,20,22). The van der Waals surface area contributed by atoms with Crippen LogP contribution in [0.15, 0.2) is 42.5 Å². The summed E-state index contributed by atoms with van der Waals surface area (Å²) in [6.07, 6.45) is 0. The maximum absolute atomic E-state index is 12.9. The third-order valence-electron chi connectivity index (χ3n) is 3.98. The fourth-order valence-electron chi connectivity index (χ4n) is 2.80. The van der Waals surface area contributed by atoms with Crippen LogP contribution in [0.3, 0.4) is 0 Å². The molecule has 0 aliphatic carbocycles. The minimum Gasteiger partial charge on any atom is -0.366 e. The Bertz CT molecular complexity index is 957. The lowest BCUT2D eigenvalue weighted by molar-refractivity contribution is 0.0963. The van der Waals surface area contributed by atoms with Gasteiger partial charge in [0.2, 0.25) is 0 Å². The molecule has 0 unspecified atom stereocenters. The van der Waals surface area contributed by atoms with E-state index in [0.717, 1.165) is 5.56 Å². The lowest BCUT2D eigenvalue weighted by Gasteiger charge is -2.08. The van der Waals surface area contributed by atoms with Crippen molar-refractivity contribution in [2.45, 2.75) is 13.8 Å².